The van der Waals surface area contributed by atoms with Gasteiger partial charge in [0.25, 0.3) is 0 Å². The standard InChI is InChI=1S/C14H18N6/c15-12-13(19-18-11-6-2-1-3-7-11)16-10-17-14(12)20-8-4-5-9-20/h1-3,6-7,10,18H,4-5,8-9,15H2,(H,16,17,19). The van der Waals surface area contributed by atoms with Crippen molar-refractivity contribution in [3.05, 3.63) is 36.7 Å². The molecule has 1 fully saturated rings. The number of nitrogen functional groups attached to an aromatic ring is 1. The lowest BCUT2D eigenvalue weighted by atomic mass is 10.3. The fourth-order valence-corrected chi connectivity index (χ4v) is 2.32. The number of anilines is 4. The number of nitrogens with one attached hydrogen (secondary N) is 2. The molecule has 1 aromatic carbocycles. The average Bonchev–Trinajstić information content (AvgIpc) is 3.01. The summed E-state index contributed by atoms with van der Waals surface area (Å²) in [5, 5.41) is 0. The number of aromatic nitrogens is 2. The van der Waals surface area contributed by atoms with Crippen molar-refractivity contribution in [3.63, 3.8) is 0 Å². The number of rotatable bonds is 4. The lowest BCUT2D eigenvalue weighted by molar-refractivity contribution is 0.931. The van der Waals surface area contributed by atoms with Gasteiger partial charge in [-0.25, -0.2) is 9.97 Å². The largest absolute Gasteiger partial charge is 0.393 e. The monoisotopic (exact) mass is 270 g/mol. The maximum absolute atomic E-state index is 6.16. The zero-order valence-corrected chi connectivity index (χ0v) is 11.2. The van der Waals surface area contributed by atoms with E-state index in [0.29, 0.717) is 11.5 Å². The Bertz CT molecular complexity index is 565. The summed E-state index contributed by atoms with van der Waals surface area (Å²) in [6, 6.07) is 9.82. The number of hydrogen-bond donors (Lipinski definition) is 3. The Hall–Kier alpha value is -2.50. The second-order valence-electron chi connectivity index (χ2n) is 4.77. The van der Waals surface area contributed by atoms with Gasteiger partial charge in [0.1, 0.15) is 12.0 Å². The van der Waals surface area contributed by atoms with Gasteiger partial charge >= 0.3 is 0 Å². The van der Waals surface area contributed by atoms with E-state index in [2.05, 4.69) is 25.7 Å². The molecule has 2 aromatic rings. The highest BCUT2D eigenvalue weighted by Crippen LogP contribution is 2.28. The minimum Gasteiger partial charge on any atom is -0.393 e. The van der Waals surface area contributed by atoms with Crippen molar-refractivity contribution in [1.29, 1.82) is 0 Å². The van der Waals surface area contributed by atoms with E-state index >= 15 is 0 Å². The van der Waals surface area contributed by atoms with Gasteiger partial charge in [0.2, 0.25) is 0 Å². The molecule has 0 amide bonds. The molecule has 0 bridgehead atoms. The number of nitrogens with zero attached hydrogens (tertiary/aromatic N) is 3. The number of benzene rings is 1. The zero-order valence-electron chi connectivity index (χ0n) is 11.2. The minimum absolute atomic E-state index is 0.581. The van der Waals surface area contributed by atoms with Crippen LogP contribution < -0.4 is 21.5 Å². The van der Waals surface area contributed by atoms with Crippen LogP contribution >= 0.6 is 0 Å². The van der Waals surface area contributed by atoms with E-state index in [9.17, 15) is 0 Å². The van der Waals surface area contributed by atoms with Crippen molar-refractivity contribution in [2.75, 3.05) is 34.6 Å². The molecular weight excluding hydrogens is 252 g/mol. The van der Waals surface area contributed by atoms with Crippen LogP contribution in [0.25, 0.3) is 0 Å². The van der Waals surface area contributed by atoms with E-state index in [-0.39, 0.29) is 0 Å². The molecule has 0 radical (unpaired) electrons. The fourth-order valence-electron chi connectivity index (χ4n) is 2.32. The molecule has 0 atom stereocenters. The van der Waals surface area contributed by atoms with Crippen LogP contribution in [-0.2, 0) is 0 Å². The third-order valence-corrected chi connectivity index (χ3v) is 3.37. The van der Waals surface area contributed by atoms with E-state index in [0.717, 1.165) is 24.6 Å². The predicted octanol–water partition coefficient (Wildman–Crippen LogP) is 2.10. The molecule has 1 aliphatic rings. The van der Waals surface area contributed by atoms with Crippen LogP contribution in [0.1, 0.15) is 12.8 Å². The van der Waals surface area contributed by atoms with Gasteiger partial charge in [-0.1, -0.05) is 18.2 Å². The number of para-hydroxylation sites is 1. The summed E-state index contributed by atoms with van der Waals surface area (Å²) in [7, 11) is 0. The quantitative estimate of drug-likeness (QED) is 0.738. The maximum Gasteiger partial charge on any atom is 0.173 e. The van der Waals surface area contributed by atoms with Gasteiger partial charge in [-0.15, -0.1) is 0 Å². The normalized spacial score (nSPS) is 14.3. The van der Waals surface area contributed by atoms with Crippen LogP contribution in [0.4, 0.5) is 23.0 Å². The van der Waals surface area contributed by atoms with E-state index in [4.69, 9.17) is 5.73 Å². The van der Waals surface area contributed by atoms with Crippen LogP contribution in [0.5, 0.6) is 0 Å². The first-order valence-electron chi connectivity index (χ1n) is 6.77. The number of hydrogen-bond acceptors (Lipinski definition) is 6. The summed E-state index contributed by atoms with van der Waals surface area (Å²) < 4.78 is 0. The molecule has 0 unspecified atom stereocenters. The molecule has 104 valence electrons. The Morgan fingerprint density at radius 1 is 1.00 bits per heavy atom. The zero-order chi connectivity index (χ0) is 13.8. The molecule has 1 aromatic heterocycles. The maximum atomic E-state index is 6.16. The van der Waals surface area contributed by atoms with Gasteiger partial charge in [0.05, 0.1) is 5.69 Å². The van der Waals surface area contributed by atoms with Crippen molar-refractivity contribution < 1.29 is 0 Å². The molecule has 0 spiro atoms. The van der Waals surface area contributed by atoms with Crippen molar-refractivity contribution in [1.82, 2.24) is 9.97 Å². The number of nitrogens with two attached hydrogens (primary N) is 1. The summed E-state index contributed by atoms with van der Waals surface area (Å²) in [5.41, 5.74) is 13.8. The van der Waals surface area contributed by atoms with Gasteiger partial charge in [-0.05, 0) is 25.0 Å². The second kappa shape index (κ2) is 5.64. The molecule has 1 saturated heterocycles. The van der Waals surface area contributed by atoms with Crippen molar-refractivity contribution in [3.8, 4) is 0 Å². The molecule has 2 heterocycles. The van der Waals surface area contributed by atoms with Gasteiger partial charge < -0.3 is 10.6 Å². The van der Waals surface area contributed by atoms with Crippen LogP contribution in [0.3, 0.4) is 0 Å². The Labute approximate surface area is 118 Å². The fraction of sp³-hybridized carbons (Fsp3) is 0.286. The van der Waals surface area contributed by atoms with Gasteiger partial charge in [0.15, 0.2) is 11.6 Å². The smallest absolute Gasteiger partial charge is 0.173 e. The SMILES string of the molecule is Nc1c(NNc2ccccc2)ncnc1N1CCCC1. The number of hydrazine groups is 1. The van der Waals surface area contributed by atoms with E-state index in [1.807, 2.05) is 30.3 Å². The molecular formula is C14H18N6. The van der Waals surface area contributed by atoms with Crippen molar-refractivity contribution in [2.45, 2.75) is 12.8 Å². The summed E-state index contributed by atoms with van der Waals surface area (Å²) in [4.78, 5) is 10.7. The van der Waals surface area contributed by atoms with Gasteiger partial charge in [-0.2, -0.15) is 0 Å². The van der Waals surface area contributed by atoms with Crippen LogP contribution in [0.15, 0.2) is 36.7 Å². The van der Waals surface area contributed by atoms with Crippen LogP contribution in [-0.4, -0.2) is 23.1 Å². The molecule has 3 rings (SSSR count). The third-order valence-electron chi connectivity index (χ3n) is 3.37. The van der Waals surface area contributed by atoms with E-state index in [1.54, 1.807) is 6.33 Å². The molecule has 6 heteroatoms. The summed E-state index contributed by atoms with van der Waals surface area (Å²) >= 11 is 0. The first-order chi connectivity index (χ1) is 9.84. The van der Waals surface area contributed by atoms with Crippen LogP contribution in [0.2, 0.25) is 0 Å². The molecule has 0 saturated carbocycles. The van der Waals surface area contributed by atoms with Crippen molar-refractivity contribution in [2.24, 2.45) is 0 Å². The topological polar surface area (TPSA) is 79.1 Å². The highest BCUT2D eigenvalue weighted by Gasteiger charge is 2.18. The molecule has 1 aliphatic heterocycles. The average molecular weight is 270 g/mol. The lowest BCUT2D eigenvalue weighted by Crippen LogP contribution is -2.22. The molecule has 20 heavy (non-hydrogen) atoms. The first-order valence-corrected chi connectivity index (χ1v) is 6.77. The summed E-state index contributed by atoms with van der Waals surface area (Å²) in [6.07, 6.45) is 3.92. The minimum atomic E-state index is 0.581. The van der Waals surface area contributed by atoms with E-state index < -0.39 is 0 Å². The van der Waals surface area contributed by atoms with Gasteiger partial charge in [-0.3, -0.25) is 10.9 Å². The molecule has 6 nitrogen and oxygen atoms in total. The summed E-state index contributed by atoms with van der Waals surface area (Å²) in [6.45, 7) is 2.01. The second-order valence-corrected chi connectivity index (χ2v) is 4.77. The highest BCUT2D eigenvalue weighted by atomic mass is 15.4. The third kappa shape index (κ3) is 2.59. The lowest BCUT2D eigenvalue weighted by Gasteiger charge is -2.19. The van der Waals surface area contributed by atoms with E-state index in [1.165, 1.54) is 12.8 Å². The Morgan fingerprint density at radius 3 is 2.50 bits per heavy atom. The Balaban J connectivity index is 1.75. The first kappa shape index (κ1) is 12.5. The van der Waals surface area contributed by atoms with Crippen LogP contribution in [0, 0.1) is 0 Å². The van der Waals surface area contributed by atoms with Gasteiger partial charge in [0, 0.05) is 13.1 Å². The Kier molecular flexibility index (Phi) is 3.54. The molecule has 4 N–H and O–H groups in total. The predicted molar refractivity (Wildman–Crippen MR) is 81.6 cm³/mol. The van der Waals surface area contributed by atoms with Crippen molar-refractivity contribution >= 4 is 23.0 Å². The Morgan fingerprint density at radius 2 is 1.75 bits per heavy atom. The highest BCUT2D eigenvalue weighted by molar-refractivity contribution is 5.75. The molecule has 0 aliphatic carbocycles. The summed E-state index contributed by atoms with van der Waals surface area (Å²) in [5.74, 6) is 1.42.